The highest BCUT2D eigenvalue weighted by Crippen LogP contribution is 2.56. The zero-order valence-electron chi connectivity index (χ0n) is 24.2. The van der Waals surface area contributed by atoms with Crippen LogP contribution in [0.2, 0.25) is 0 Å². The number of nitrogens with one attached hydrogen (secondary N) is 1. The summed E-state index contributed by atoms with van der Waals surface area (Å²) in [6.07, 6.45) is 0. The van der Waals surface area contributed by atoms with Gasteiger partial charge in [-0.1, -0.05) is 146 Å². The first-order valence-electron chi connectivity index (χ1n) is 15.3. The average Bonchev–Trinajstić information content (AvgIpc) is 3.40. The first-order chi connectivity index (χ1) is 21.8. The summed E-state index contributed by atoms with van der Waals surface area (Å²) in [5.74, 6) is 0. The highest BCUT2D eigenvalue weighted by molar-refractivity contribution is 6.25. The molecule has 206 valence electrons. The van der Waals surface area contributed by atoms with Crippen LogP contribution in [-0.2, 0) is 5.41 Å². The summed E-state index contributed by atoms with van der Waals surface area (Å²) in [4.78, 5) is 0. The summed E-state index contributed by atoms with van der Waals surface area (Å²) in [5, 5.41) is 11.5. The van der Waals surface area contributed by atoms with Crippen molar-refractivity contribution >= 4 is 43.7 Å². The molecule has 9 rings (SSSR count). The molecule has 0 saturated heterocycles. The Kier molecular flexibility index (Phi) is 5.48. The molecule has 1 aliphatic carbocycles. The Morgan fingerprint density at radius 3 is 1.43 bits per heavy atom. The third-order valence-corrected chi connectivity index (χ3v) is 9.49. The van der Waals surface area contributed by atoms with Crippen molar-refractivity contribution in [2.45, 2.75) is 5.41 Å². The quantitative estimate of drug-likeness (QED) is 0.212. The van der Waals surface area contributed by atoms with Gasteiger partial charge in [0.1, 0.15) is 0 Å². The highest BCUT2D eigenvalue weighted by Gasteiger charge is 2.45. The molecule has 1 N–H and O–H groups in total. The van der Waals surface area contributed by atoms with Crippen LogP contribution in [0.25, 0.3) is 43.4 Å². The van der Waals surface area contributed by atoms with Crippen molar-refractivity contribution in [1.82, 2.24) is 0 Å². The molecule has 1 heteroatoms. The van der Waals surface area contributed by atoms with Gasteiger partial charge >= 0.3 is 0 Å². The first-order valence-corrected chi connectivity index (χ1v) is 15.3. The van der Waals surface area contributed by atoms with Crippen LogP contribution in [0.1, 0.15) is 22.3 Å². The zero-order valence-corrected chi connectivity index (χ0v) is 24.2. The van der Waals surface area contributed by atoms with E-state index in [9.17, 15) is 0 Å². The van der Waals surface area contributed by atoms with Gasteiger partial charge in [0, 0.05) is 11.4 Å². The molecule has 0 heterocycles. The lowest BCUT2D eigenvalue weighted by molar-refractivity contribution is 0.769. The molecule has 0 fully saturated rings. The van der Waals surface area contributed by atoms with Crippen LogP contribution in [0.3, 0.4) is 0 Å². The fraction of sp³-hybridized carbons (Fsp3) is 0.0233. The topological polar surface area (TPSA) is 12.0 Å². The second kappa shape index (κ2) is 9.69. The second-order valence-electron chi connectivity index (χ2n) is 11.8. The zero-order chi connectivity index (χ0) is 29.1. The third-order valence-electron chi connectivity index (χ3n) is 9.49. The first kappa shape index (κ1) is 24.9. The molecule has 1 aliphatic rings. The van der Waals surface area contributed by atoms with Gasteiger partial charge in [-0.15, -0.1) is 0 Å². The van der Waals surface area contributed by atoms with Gasteiger partial charge in [-0.2, -0.15) is 0 Å². The SMILES string of the molecule is c1ccc(C2(c3cccc(Nc4ccc5c6ccccc6c6ccccc6c5c4)c3)c3ccccc3-c3ccccc32)cc1. The van der Waals surface area contributed by atoms with Crippen LogP contribution < -0.4 is 5.32 Å². The Labute approximate surface area is 257 Å². The summed E-state index contributed by atoms with van der Waals surface area (Å²) in [5.41, 5.74) is 9.53. The maximum atomic E-state index is 3.79. The average molecular weight is 560 g/mol. The fourth-order valence-electron chi connectivity index (χ4n) is 7.69. The summed E-state index contributed by atoms with van der Waals surface area (Å²) in [6, 6.07) is 62.1. The number of hydrogen-bond donors (Lipinski definition) is 1. The Morgan fingerprint density at radius 2 is 0.795 bits per heavy atom. The summed E-state index contributed by atoms with van der Waals surface area (Å²) < 4.78 is 0. The lowest BCUT2D eigenvalue weighted by Crippen LogP contribution is -2.28. The lowest BCUT2D eigenvalue weighted by atomic mass is 9.67. The maximum absolute atomic E-state index is 3.79. The van der Waals surface area contributed by atoms with Gasteiger partial charge in [-0.3, -0.25) is 0 Å². The van der Waals surface area contributed by atoms with E-state index < -0.39 is 5.41 Å². The van der Waals surface area contributed by atoms with E-state index in [1.807, 2.05) is 0 Å². The van der Waals surface area contributed by atoms with Gasteiger partial charge in [0.05, 0.1) is 5.41 Å². The third kappa shape index (κ3) is 3.53. The van der Waals surface area contributed by atoms with E-state index in [1.165, 1.54) is 65.7 Å². The second-order valence-corrected chi connectivity index (χ2v) is 11.8. The van der Waals surface area contributed by atoms with E-state index in [2.05, 4.69) is 175 Å². The molecule has 0 saturated carbocycles. The Bertz CT molecular complexity index is 2290. The minimum absolute atomic E-state index is 0.412. The van der Waals surface area contributed by atoms with Crippen LogP contribution in [-0.4, -0.2) is 0 Å². The van der Waals surface area contributed by atoms with Gasteiger partial charge in [0.15, 0.2) is 0 Å². The number of rotatable bonds is 4. The lowest BCUT2D eigenvalue weighted by Gasteiger charge is -2.34. The van der Waals surface area contributed by atoms with E-state index in [1.54, 1.807) is 0 Å². The normalized spacial score (nSPS) is 13.2. The van der Waals surface area contributed by atoms with Crippen molar-refractivity contribution in [3.05, 3.63) is 192 Å². The molecule has 0 aromatic heterocycles. The number of anilines is 2. The van der Waals surface area contributed by atoms with Gasteiger partial charge in [0.25, 0.3) is 0 Å². The Morgan fingerprint density at radius 1 is 0.318 bits per heavy atom. The summed E-state index contributed by atoms with van der Waals surface area (Å²) in [6.45, 7) is 0. The summed E-state index contributed by atoms with van der Waals surface area (Å²) >= 11 is 0. The molecule has 0 atom stereocenters. The van der Waals surface area contributed by atoms with E-state index >= 15 is 0 Å². The molecular formula is C43H29N. The van der Waals surface area contributed by atoms with Crippen molar-refractivity contribution < 1.29 is 0 Å². The monoisotopic (exact) mass is 559 g/mol. The minimum Gasteiger partial charge on any atom is -0.355 e. The van der Waals surface area contributed by atoms with Gasteiger partial charge < -0.3 is 5.32 Å². The molecule has 0 unspecified atom stereocenters. The maximum Gasteiger partial charge on any atom is 0.0714 e. The van der Waals surface area contributed by atoms with Crippen LogP contribution in [0.4, 0.5) is 11.4 Å². The predicted octanol–water partition coefficient (Wildman–Crippen LogP) is 11.3. The highest BCUT2D eigenvalue weighted by atomic mass is 14.9. The summed E-state index contributed by atoms with van der Waals surface area (Å²) in [7, 11) is 0. The van der Waals surface area contributed by atoms with Crippen molar-refractivity contribution in [1.29, 1.82) is 0 Å². The molecule has 0 radical (unpaired) electrons. The largest absolute Gasteiger partial charge is 0.355 e. The number of fused-ring (bicyclic) bond motifs is 9. The van der Waals surface area contributed by atoms with Crippen LogP contribution in [0.15, 0.2) is 170 Å². The minimum atomic E-state index is -0.412. The molecule has 8 aromatic rings. The van der Waals surface area contributed by atoms with Crippen molar-refractivity contribution in [2.75, 3.05) is 5.32 Å². The van der Waals surface area contributed by atoms with Crippen molar-refractivity contribution in [3.8, 4) is 11.1 Å². The molecule has 8 aromatic carbocycles. The molecule has 0 amide bonds. The molecular weight excluding hydrogens is 530 g/mol. The Balaban J connectivity index is 1.22. The van der Waals surface area contributed by atoms with Crippen LogP contribution >= 0.6 is 0 Å². The standard InChI is InChI=1S/C43H29N/c1-2-13-29(14-3-1)43(41-23-10-8-21-38(41)39-22-9-11-24-42(39)43)30-15-12-16-31(27-30)44-32-25-26-37-35-19-5-4-17-33(35)34-18-6-7-20-36(34)40(37)28-32/h1-28,44H. The Hall–Kier alpha value is -5.66. The number of benzene rings is 8. The van der Waals surface area contributed by atoms with Crippen LogP contribution in [0, 0.1) is 0 Å². The molecule has 0 aliphatic heterocycles. The molecule has 1 nitrogen and oxygen atoms in total. The van der Waals surface area contributed by atoms with Gasteiger partial charge in [-0.05, 0) is 90.0 Å². The van der Waals surface area contributed by atoms with E-state index in [4.69, 9.17) is 0 Å². The van der Waals surface area contributed by atoms with Gasteiger partial charge in [0.2, 0.25) is 0 Å². The van der Waals surface area contributed by atoms with E-state index in [0.29, 0.717) is 0 Å². The number of hydrogen-bond acceptors (Lipinski definition) is 1. The molecule has 0 bridgehead atoms. The molecule has 44 heavy (non-hydrogen) atoms. The van der Waals surface area contributed by atoms with Crippen LogP contribution in [0.5, 0.6) is 0 Å². The fourth-order valence-corrected chi connectivity index (χ4v) is 7.69. The van der Waals surface area contributed by atoms with E-state index in [0.717, 1.165) is 11.4 Å². The predicted molar refractivity (Wildman–Crippen MR) is 186 cm³/mol. The van der Waals surface area contributed by atoms with E-state index in [-0.39, 0.29) is 0 Å². The molecule has 0 spiro atoms. The van der Waals surface area contributed by atoms with Crippen molar-refractivity contribution in [3.63, 3.8) is 0 Å². The van der Waals surface area contributed by atoms with Crippen molar-refractivity contribution in [2.24, 2.45) is 0 Å². The smallest absolute Gasteiger partial charge is 0.0714 e. The van der Waals surface area contributed by atoms with Gasteiger partial charge in [-0.25, -0.2) is 0 Å².